The van der Waals surface area contributed by atoms with Gasteiger partial charge >= 0.3 is 0 Å². The average molecular weight is 402 g/mol. The monoisotopic (exact) mass is 401 g/mol. The Morgan fingerprint density at radius 2 is 1.86 bits per heavy atom. The van der Waals surface area contributed by atoms with Crippen molar-refractivity contribution in [1.82, 2.24) is 15.5 Å². The molecule has 2 aliphatic heterocycles. The summed E-state index contributed by atoms with van der Waals surface area (Å²) >= 11 is 0. The highest BCUT2D eigenvalue weighted by Gasteiger charge is 2.15. The van der Waals surface area contributed by atoms with Crippen molar-refractivity contribution in [2.24, 2.45) is 10.9 Å². The van der Waals surface area contributed by atoms with E-state index in [2.05, 4.69) is 58.5 Å². The second-order valence-electron chi connectivity index (χ2n) is 8.23. The molecule has 0 aliphatic carbocycles. The fraction of sp³-hybridized carbons (Fsp3) is 0.696. The van der Waals surface area contributed by atoms with Gasteiger partial charge in [0.1, 0.15) is 0 Å². The number of anilines is 1. The highest BCUT2D eigenvalue weighted by atomic mass is 16.5. The molecule has 2 N–H and O–H groups in total. The molecule has 2 aliphatic rings. The van der Waals surface area contributed by atoms with Crippen LogP contribution < -0.4 is 15.5 Å². The van der Waals surface area contributed by atoms with Gasteiger partial charge in [0, 0.05) is 31.9 Å². The highest BCUT2D eigenvalue weighted by Crippen LogP contribution is 2.22. The molecule has 0 atom stereocenters. The number of hydrogen-bond donors (Lipinski definition) is 2. The van der Waals surface area contributed by atoms with Gasteiger partial charge in [0.25, 0.3) is 0 Å². The maximum Gasteiger partial charge on any atom is 0.191 e. The van der Waals surface area contributed by atoms with Crippen LogP contribution in [0.25, 0.3) is 0 Å². The molecule has 1 aromatic carbocycles. The van der Waals surface area contributed by atoms with E-state index in [1.807, 2.05) is 0 Å². The van der Waals surface area contributed by atoms with Crippen molar-refractivity contribution in [3.05, 3.63) is 29.8 Å². The number of para-hydroxylation sites is 1. The largest absolute Gasteiger partial charge is 0.378 e. The van der Waals surface area contributed by atoms with Crippen molar-refractivity contribution in [3.63, 3.8) is 0 Å². The van der Waals surface area contributed by atoms with Gasteiger partial charge in [-0.15, -0.1) is 0 Å². The summed E-state index contributed by atoms with van der Waals surface area (Å²) in [5, 5.41) is 6.90. The maximum atomic E-state index is 5.50. The molecule has 6 nitrogen and oxygen atoms in total. The molecule has 1 aromatic rings. The Bertz CT molecular complexity index is 621. The maximum absolute atomic E-state index is 5.50. The molecule has 3 rings (SSSR count). The molecule has 2 saturated heterocycles. The molecule has 2 heterocycles. The van der Waals surface area contributed by atoms with Crippen molar-refractivity contribution in [1.29, 1.82) is 0 Å². The van der Waals surface area contributed by atoms with Crippen LogP contribution in [0.4, 0.5) is 5.69 Å². The van der Waals surface area contributed by atoms with E-state index in [0.717, 1.165) is 57.7 Å². The number of ether oxygens (including phenoxy) is 1. The van der Waals surface area contributed by atoms with Gasteiger partial charge in [0.05, 0.1) is 19.8 Å². The molecule has 0 radical (unpaired) electrons. The van der Waals surface area contributed by atoms with Gasteiger partial charge < -0.3 is 25.2 Å². The minimum atomic E-state index is 0.687. The number of likely N-dealkylation sites (tertiary alicyclic amines) is 1. The van der Waals surface area contributed by atoms with E-state index < -0.39 is 0 Å². The summed E-state index contributed by atoms with van der Waals surface area (Å²) in [7, 11) is 0. The summed E-state index contributed by atoms with van der Waals surface area (Å²) in [6.07, 6.45) is 3.85. The molecule has 0 amide bonds. The Labute approximate surface area is 176 Å². The normalized spacial score (nSPS) is 19.4. The third-order valence-electron chi connectivity index (χ3n) is 5.91. The Morgan fingerprint density at radius 3 is 2.62 bits per heavy atom. The minimum Gasteiger partial charge on any atom is -0.378 e. The van der Waals surface area contributed by atoms with Gasteiger partial charge in [-0.2, -0.15) is 0 Å². The van der Waals surface area contributed by atoms with Gasteiger partial charge in [-0.25, -0.2) is 4.99 Å². The van der Waals surface area contributed by atoms with Crippen molar-refractivity contribution < 1.29 is 4.74 Å². The third kappa shape index (κ3) is 7.19. The van der Waals surface area contributed by atoms with Crippen LogP contribution in [0.15, 0.2) is 29.3 Å². The first-order valence-corrected chi connectivity index (χ1v) is 11.4. The van der Waals surface area contributed by atoms with Crippen LogP contribution in [0.2, 0.25) is 0 Å². The Morgan fingerprint density at radius 1 is 1.10 bits per heavy atom. The van der Waals surface area contributed by atoms with Crippen LogP contribution in [0, 0.1) is 5.92 Å². The molecule has 0 aromatic heterocycles. The lowest BCUT2D eigenvalue weighted by Gasteiger charge is -2.30. The standard InChI is InChI=1S/C23H39N5O/c1-3-24-23(25-11-6-12-27-13-9-20(2)10-14-27)26-19-21-7-4-5-8-22(21)28-15-17-29-18-16-28/h4-5,7-8,20H,3,6,9-19H2,1-2H3,(H2,24,25,26). The van der Waals surface area contributed by atoms with E-state index in [1.165, 1.54) is 43.7 Å². The van der Waals surface area contributed by atoms with Gasteiger partial charge in [-0.3, -0.25) is 0 Å². The lowest BCUT2D eigenvalue weighted by molar-refractivity contribution is 0.122. The Kier molecular flexibility index (Phi) is 9.09. The van der Waals surface area contributed by atoms with Crippen LogP contribution in [0.1, 0.15) is 38.7 Å². The number of nitrogens with one attached hydrogen (secondary N) is 2. The van der Waals surface area contributed by atoms with Gasteiger partial charge in [0.2, 0.25) is 0 Å². The Balaban J connectivity index is 1.49. The number of nitrogens with zero attached hydrogens (tertiary/aromatic N) is 3. The van der Waals surface area contributed by atoms with E-state index in [-0.39, 0.29) is 0 Å². The predicted molar refractivity (Wildman–Crippen MR) is 122 cm³/mol. The molecule has 29 heavy (non-hydrogen) atoms. The molecule has 0 bridgehead atoms. The van der Waals surface area contributed by atoms with Crippen LogP contribution in [-0.2, 0) is 11.3 Å². The molecule has 2 fully saturated rings. The molecule has 162 valence electrons. The summed E-state index contributed by atoms with van der Waals surface area (Å²) in [6, 6.07) is 8.61. The second kappa shape index (κ2) is 12.0. The van der Waals surface area contributed by atoms with Crippen LogP contribution in [-0.4, -0.2) is 69.9 Å². The van der Waals surface area contributed by atoms with E-state index in [9.17, 15) is 0 Å². The number of morpholine rings is 1. The van der Waals surface area contributed by atoms with Gasteiger partial charge in [-0.1, -0.05) is 25.1 Å². The first kappa shape index (κ1) is 21.9. The number of guanidine groups is 1. The molecule has 0 saturated carbocycles. The average Bonchev–Trinajstić information content (AvgIpc) is 2.77. The first-order valence-electron chi connectivity index (χ1n) is 11.4. The second-order valence-corrected chi connectivity index (χ2v) is 8.23. The summed E-state index contributed by atoms with van der Waals surface area (Å²) in [5.74, 6) is 1.81. The predicted octanol–water partition coefficient (Wildman–Crippen LogP) is 2.70. The van der Waals surface area contributed by atoms with Gasteiger partial charge in [0.15, 0.2) is 5.96 Å². The first-order chi connectivity index (χ1) is 14.3. The summed E-state index contributed by atoms with van der Waals surface area (Å²) in [4.78, 5) is 9.87. The fourth-order valence-corrected chi connectivity index (χ4v) is 4.06. The van der Waals surface area contributed by atoms with E-state index >= 15 is 0 Å². The molecule has 0 spiro atoms. The molecular weight excluding hydrogens is 362 g/mol. The summed E-state index contributed by atoms with van der Waals surface area (Å²) in [5.41, 5.74) is 2.56. The number of rotatable bonds is 8. The zero-order valence-corrected chi connectivity index (χ0v) is 18.3. The molecular formula is C23H39N5O. The van der Waals surface area contributed by atoms with Crippen molar-refractivity contribution in [2.45, 2.75) is 39.7 Å². The van der Waals surface area contributed by atoms with E-state index in [4.69, 9.17) is 9.73 Å². The highest BCUT2D eigenvalue weighted by molar-refractivity contribution is 5.79. The number of benzene rings is 1. The third-order valence-corrected chi connectivity index (χ3v) is 5.91. The fourth-order valence-electron chi connectivity index (χ4n) is 4.06. The van der Waals surface area contributed by atoms with Crippen molar-refractivity contribution in [3.8, 4) is 0 Å². The topological polar surface area (TPSA) is 52.1 Å². The Hall–Kier alpha value is -1.79. The number of hydrogen-bond acceptors (Lipinski definition) is 4. The smallest absolute Gasteiger partial charge is 0.191 e. The minimum absolute atomic E-state index is 0.687. The van der Waals surface area contributed by atoms with Crippen LogP contribution >= 0.6 is 0 Å². The lowest BCUT2D eigenvalue weighted by atomic mass is 9.99. The van der Waals surface area contributed by atoms with Crippen LogP contribution in [0.3, 0.4) is 0 Å². The summed E-state index contributed by atoms with van der Waals surface area (Å²) in [6.45, 7) is 14.2. The zero-order valence-electron chi connectivity index (χ0n) is 18.3. The zero-order chi connectivity index (χ0) is 20.3. The van der Waals surface area contributed by atoms with Crippen molar-refractivity contribution >= 4 is 11.6 Å². The molecule has 6 heteroatoms. The van der Waals surface area contributed by atoms with Crippen LogP contribution in [0.5, 0.6) is 0 Å². The summed E-state index contributed by atoms with van der Waals surface area (Å²) < 4.78 is 5.50. The quantitative estimate of drug-likeness (QED) is 0.399. The SMILES string of the molecule is CCNC(=NCc1ccccc1N1CCOCC1)NCCCN1CCC(C)CC1. The van der Waals surface area contributed by atoms with E-state index in [1.54, 1.807) is 0 Å². The number of aliphatic imine (C=N–C) groups is 1. The lowest BCUT2D eigenvalue weighted by Crippen LogP contribution is -2.40. The number of piperidine rings is 1. The van der Waals surface area contributed by atoms with Gasteiger partial charge in [-0.05, 0) is 63.4 Å². The van der Waals surface area contributed by atoms with Crippen molar-refractivity contribution in [2.75, 3.05) is 63.9 Å². The van der Waals surface area contributed by atoms with E-state index in [0.29, 0.717) is 6.54 Å². The molecule has 0 unspecified atom stereocenters.